The van der Waals surface area contributed by atoms with Gasteiger partial charge in [-0.3, -0.25) is 10.2 Å². The van der Waals surface area contributed by atoms with Crippen molar-refractivity contribution in [3.05, 3.63) is 0 Å². The molecule has 1 aliphatic rings. The number of nitrogens with zero attached hydrogens (tertiary/aromatic N) is 1. The molecule has 1 fully saturated rings. The second-order valence-corrected chi connectivity index (χ2v) is 2.86. The lowest BCUT2D eigenvalue weighted by molar-refractivity contribution is -0.119. The van der Waals surface area contributed by atoms with Gasteiger partial charge in [-0.05, 0) is 12.8 Å². The first-order valence-corrected chi connectivity index (χ1v) is 4.06. The zero-order chi connectivity index (χ0) is 8.10. The predicted molar refractivity (Wildman–Crippen MR) is 42.6 cm³/mol. The summed E-state index contributed by atoms with van der Waals surface area (Å²) in [6.45, 7) is 2.23. The Morgan fingerprint density at radius 3 is 3.00 bits per heavy atom. The molecule has 0 unspecified atom stereocenters. The minimum Gasteiger partial charge on any atom is -0.369 e. The maximum Gasteiger partial charge on any atom is 0.233 e. The Morgan fingerprint density at radius 2 is 2.27 bits per heavy atom. The molecule has 1 aliphatic heterocycles. The molecular formula is C7H15N3O. The van der Waals surface area contributed by atoms with Gasteiger partial charge in [0.05, 0.1) is 6.54 Å². The number of carbonyl (C=O) groups excluding carboxylic acids is 1. The van der Waals surface area contributed by atoms with E-state index in [1.165, 1.54) is 12.8 Å². The van der Waals surface area contributed by atoms with Crippen LogP contribution in [0.1, 0.15) is 19.3 Å². The van der Waals surface area contributed by atoms with Crippen molar-refractivity contribution in [1.29, 1.82) is 0 Å². The summed E-state index contributed by atoms with van der Waals surface area (Å²) in [4.78, 5) is 10.5. The molecular weight excluding hydrogens is 142 g/mol. The summed E-state index contributed by atoms with van der Waals surface area (Å²) < 4.78 is 0. The minimum atomic E-state index is -0.264. The SMILES string of the molecule is NC(=O)CN1CCCCCN1. The number of rotatable bonds is 2. The summed E-state index contributed by atoms with van der Waals surface area (Å²) in [5.74, 6) is -0.264. The van der Waals surface area contributed by atoms with Crippen LogP contribution < -0.4 is 11.2 Å². The first-order chi connectivity index (χ1) is 5.29. The standard InChI is InChI=1S/C7H15N3O/c8-7(11)6-10-5-3-1-2-4-9-10/h9H,1-6H2,(H2,8,11). The van der Waals surface area contributed by atoms with Gasteiger partial charge in [0.1, 0.15) is 0 Å². The average molecular weight is 157 g/mol. The highest BCUT2D eigenvalue weighted by atomic mass is 16.1. The maximum absolute atomic E-state index is 10.5. The topological polar surface area (TPSA) is 58.4 Å². The van der Waals surface area contributed by atoms with Crippen LogP contribution in [0.2, 0.25) is 0 Å². The molecule has 1 heterocycles. The van der Waals surface area contributed by atoms with E-state index in [4.69, 9.17) is 5.73 Å². The number of hydrogen-bond donors (Lipinski definition) is 2. The highest BCUT2D eigenvalue weighted by Gasteiger charge is 2.09. The Kier molecular flexibility index (Phi) is 3.32. The molecule has 4 heteroatoms. The Bertz CT molecular complexity index is 130. The second-order valence-electron chi connectivity index (χ2n) is 2.86. The van der Waals surface area contributed by atoms with E-state index in [9.17, 15) is 4.79 Å². The highest BCUT2D eigenvalue weighted by Crippen LogP contribution is 2.00. The van der Waals surface area contributed by atoms with Gasteiger partial charge in [0.25, 0.3) is 0 Å². The molecule has 64 valence electrons. The van der Waals surface area contributed by atoms with Crippen molar-refractivity contribution >= 4 is 5.91 Å². The fourth-order valence-corrected chi connectivity index (χ4v) is 1.24. The molecule has 3 N–H and O–H groups in total. The van der Waals surface area contributed by atoms with E-state index < -0.39 is 0 Å². The molecule has 1 amide bonds. The molecule has 0 aromatic carbocycles. The second kappa shape index (κ2) is 4.31. The van der Waals surface area contributed by atoms with E-state index >= 15 is 0 Å². The average Bonchev–Trinajstić information content (AvgIpc) is 2.14. The molecule has 0 bridgehead atoms. The van der Waals surface area contributed by atoms with Crippen LogP contribution in [0, 0.1) is 0 Å². The number of carbonyl (C=O) groups is 1. The monoisotopic (exact) mass is 157 g/mol. The van der Waals surface area contributed by atoms with Gasteiger partial charge in [-0.15, -0.1) is 0 Å². The van der Waals surface area contributed by atoms with Crippen molar-refractivity contribution in [3.63, 3.8) is 0 Å². The molecule has 1 saturated heterocycles. The minimum absolute atomic E-state index is 0.264. The van der Waals surface area contributed by atoms with Gasteiger partial charge in [0.15, 0.2) is 0 Å². The fraction of sp³-hybridized carbons (Fsp3) is 0.857. The lowest BCUT2D eigenvalue weighted by atomic mass is 10.2. The van der Waals surface area contributed by atoms with Gasteiger partial charge in [0.2, 0.25) is 5.91 Å². The first-order valence-electron chi connectivity index (χ1n) is 4.06. The lowest BCUT2D eigenvalue weighted by Gasteiger charge is -2.18. The van der Waals surface area contributed by atoms with Crippen molar-refractivity contribution < 1.29 is 4.79 Å². The van der Waals surface area contributed by atoms with Crippen LogP contribution >= 0.6 is 0 Å². The summed E-state index contributed by atoms with van der Waals surface area (Å²) >= 11 is 0. The van der Waals surface area contributed by atoms with Gasteiger partial charge in [0, 0.05) is 13.1 Å². The summed E-state index contributed by atoms with van der Waals surface area (Å²) in [6.07, 6.45) is 3.58. The maximum atomic E-state index is 10.5. The lowest BCUT2D eigenvalue weighted by Crippen LogP contribution is -2.43. The molecule has 0 aliphatic carbocycles. The van der Waals surface area contributed by atoms with E-state index in [1.807, 2.05) is 5.01 Å². The number of nitrogens with one attached hydrogen (secondary N) is 1. The summed E-state index contributed by atoms with van der Waals surface area (Å²) in [6, 6.07) is 0. The van der Waals surface area contributed by atoms with Crippen molar-refractivity contribution in [2.24, 2.45) is 5.73 Å². The Morgan fingerprint density at radius 1 is 1.45 bits per heavy atom. The normalized spacial score (nSPS) is 21.1. The molecule has 0 spiro atoms. The van der Waals surface area contributed by atoms with Crippen LogP contribution in [-0.4, -0.2) is 30.6 Å². The van der Waals surface area contributed by atoms with Crippen LogP contribution in [0.4, 0.5) is 0 Å². The smallest absolute Gasteiger partial charge is 0.233 e. The van der Waals surface area contributed by atoms with Crippen LogP contribution in [0.3, 0.4) is 0 Å². The molecule has 0 aromatic heterocycles. The first kappa shape index (κ1) is 8.49. The molecule has 0 radical (unpaired) electrons. The Labute approximate surface area is 66.7 Å². The number of amides is 1. The van der Waals surface area contributed by atoms with E-state index in [0.29, 0.717) is 6.54 Å². The molecule has 0 atom stereocenters. The van der Waals surface area contributed by atoms with Crippen LogP contribution in [0.15, 0.2) is 0 Å². The van der Waals surface area contributed by atoms with E-state index in [-0.39, 0.29) is 5.91 Å². The highest BCUT2D eigenvalue weighted by molar-refractivity contribution is 5.75. The zero-order valence-corrected chi connectivity index (χ0v) is 6.68. The van der Waals surface area contributed by atoms with Crippen LogP contribution in [0.25, 0.3) is 0 Å². The quantitative estimate of drug-likeness (QED) is 0.566. The molecule has 0 saturated carbocycles. The van der Waals surface area contributed by atoms with Gasteiger partial charge >= 0.3 is 0 Å². The van der Waals surface area contributed by atoms with Crippen LogP contribution in [-0.2, 0) is 4.79 Å². The number of primary amides is 1. The van der Waals surface area contributed by atoms with E-state index in [0.717, 1.165) is 19.5 Å². The van der Waals surface area contributed by atoms with Crippen molar-refractivity contribution in [3.8, 4) is 0 Å². The van der Waals surface area contributed by atoms with Gasteiger partial charge in [-0.25, -0.2) is 5.01 Å². The summed E-state index contributed by atoms with van der Waals surface area (Å²) in [5.41, 5.74) is 8.20. The molecule has 4 nitrogen and oxygen atoms in total. The predicted octanol–water partition coefficient (Wildman–Crippen LogP) is -0.538. The fourth-order valence-electron chi connectivity index (χ4n) is 1.24. The summed E-state index contributed by atoms with van der Waals surface area (Å²) in [5, 5.41) is 1.90. The molecule has 1 rings (SSSR count). The third-order valence-corrected chi connectivity index (χ3v) is 1.79. The zero-order valence-electron chi connectivity index (χ0n) is 6.68. The summed E-state index contributed by atoms with van der Waals surface area (Å²) in [7, 11) is 0. The third kappa shape index (κ3) is 3.34. The van der Waals surface area contributed by atoms with E-state index in [1.54, 1.807) is 0 Å². The largest absolute Gasteiger partial charge is 0.369 e. The van der Waals surface area contributed by atoms with E-state index in [2.05, 4.69) is 5.43 Å². The number of hydrogen-bond acceptors (Lipinski definition) is 3. The Hall–Kier alpha value is -0.610. The Balaban J connectivity index is 2.25. The molecule has 11 heavy (non-hydrogen) atoms. The number of nitrogens with two attached hydrogens (primary N) is 1. The third-order valence-electron chi connectivity index (χ3n) is 1.79. The number of hydrazine groups is 1. The van der Waals surface area contributed by atoms with Gasteiger partial charge < -0.3 is 5.73 Å². The van der Waals surface area contributed by atoms with Crippen LogP contribution in [0.5, 0.6) is 0 Å². The van der Waals surface area contributed by atoms with Crippen molar-refractivity contribution in [2.75, 3.05) is 19.6 Å². The van der Waals surface area contributed by atoms with Gasteiger partial charge in [-0.1, -0.05) is 6.42 Å². The van der Waals surface area contributed by atoms with Crippen molar-refractivity contribution in [1.82, 2.24) is 10.4 Å². The van der Waals surface area contributed by atoms with Gasteiger partial charge in [-0.2, -0.15) is 0 Å². The van der Waals surface area contributed by atoms with Crippen molar-refractivity contribution in [2.45, 2.75) is 19.3 Å². The molecule has 0 aromatic rings.